The van der Waals surface area contributed by atoms with Crippen molar-refractivity contribution in [1.82, 2.24) is 9.97 Å². The first-order valence-electron chi connectivity index (χ1n) is 3.60. The highest BCUT2D eigenvalue weighted by atomic mass is 35.5. The molecule has 0 fully saturated rings. The predicted octanol–water partition coefficient (Wildman–Crippen LogP) is 0.982. The molecule has 13 heavy (non-hydrogen) atoms. The molecule has 0 spiro atoms. The van der Waals surface area contributed by atoms with Crippen LogP contribution in [0.2, 0.25) is 0 Å². The summed E-state index contributed by atoms with van der Waals surface area (Å²) in [7, 11) is 0. The van der Waals surface area contributed by atoms with Gasteiger partial charge in [0.1, 0.15) is 6.33 Å². The fourth-order valence-corrected chi connectivity index (χ4v) is 1.31. The molecule has 1 atom stereocenters. The number of aromatic nitrogens is 2. The molecule has 0 saturated carbocycles. The molecule has 4 nitrogen and oxygen atoms in total. The van der Waals surface area contributed by atoms with Gasteiger partial charge in [0.05, 0.1) is 5.69 Å². The molecule has 2 heterocycles. The van der Waals surface area contributed by atoms with Crippen LogP contribution in [0, 0.1) is 0 Å². The quantitative estimate of drug-likeness (QED) is 0.496. The summed E-state index contributed by atoms with van der Waals surface area (Å²) in [5, 5.41) is 0. The van der Waals surface area contributed by atoms with E-state index in [0.29, 0.717) is 11.3 Å². The minimum atomic E-state index is -0.734. The van der Waals surface area contributed by atoms with Crippen molar-refractivity contribution in [1.29, 1.82) is 0 Å². The maximum absolute atomic E-state index is 10.8. The van der Waals surface area contributed by atoms with Crippen molar-refractivity contribution < 1.29 is 9.53 Å². The fraction of sp³-hybridized carbons (Fsp3) is 0.125. The van der Waals surface area contributed by atoms with Crippen molar-refractivity contribution in [3.63, 3.8) is 0 Å². The highest BCUT2D eigenvalue weighted by Crippen LogP contribution is 2.26. The molecule has 2 rings (SSSR count). The zero-order valence-corrected chi connectivity index (χ0v) is 7.23. The molecule has 0 aliphatic carbocycles. The number of esters is 1. The molecule has 1 unspecified atom stereocenters. The summed E-state index contributed by atoms with van der Waals surface area (Å²) in [6.45, 7) is 0. The maximum atomic E-state index is 10.8. The van der Waals surface area contributed by atoms with Gasteiger partial charge >= 0.3 is 5.97 Å². The summed E-state index contributed by atoms with van der Waals surface area (Å²) < 4.78 is 4.70. The first-order chi connectivity index (χ1) is 6.27. The van der Waals surface area contributed by atoms with Crippen LogP contribution in [-0.2, 0) is 9.53 Å². The molecule has 66 valence electrons. The average Bonchev–Trinajstić information content (AvgIpc) is 2.47. The van der Waals surface area contributed by atoms with Crippen molar-refractivity contribution in [2.75, 3.05) is 0 Å². The zero-order chi connectivity index (χ0) is 9.26. The minimum Gasteiger partial charge on any atom is -0.438 e. The second-order valence-electron chi connectivity index (χ2n) is 2.45. The second-order valence-corrected chi connectivity index (χ2v) is 2.84. The van der Waals surface area contributed by atoms with Gasteiger partial charge in [0, 0.05) is 17.8 Å². The van der Waals surface area contributed by atoms with Gasteiger partial charge in [0.2, 0.25) is 5.56 Å². The number of carbonyl (C=O) groups excluding carboxylic acids is 1. The molecule has 0 aromatic carbocycles. The standard InChI is InChI=1S/C8H5ClN2O2/c9-8-5(3-7(12)13-8)6-1-2-10-4-11-6/h1-4,8H. The summed E-state index contributed by atoms with van der Waals surface area (Å²) in [6, 6.07) is 1.67. The number of nitrogens with zero attached hydrogens (tertiary/aromatic N) is 2. The molecule has 0 bridgehead atoms. The molecule has 0 N–H and O–H groups in total. The third kappa shape index (κ3) is 1.53. The van der Waals surface area contributed by atoms with E-state index in [-0.39, 0.29) is 0 Å². The van der Waals surface area contributed by atoms with Crippen molar-refractivity contribution in [2.24, 2.45) is 0 Å². The van der Waals surface area contributed by atoms with E-state index in [9.17, 15) is 4.79 Å². The summed E-state index contributed by atoms with van der Waals surface area (Å²) in [5.74, 6) is -0.436. The molecule has 0 saturated heterocycles. The Kier molecular flexibility index (Phi) is 1.98. The predicted molar refractivity (Wildman–Crippen MR) is 45.7 cm³/mol. The highest BCUT2D eigenvalue weighted by Gasteiger charge is 2.25. The van der Waals surface area contributed by atoms with Gasteiger partial charge in [-0.2, -0.15) is 0 Å². The van der Waals surface area contributed by atoms with Crippen molar-refractivity contribution >= 4 is 23.1 Å². The van der Waals surface area contributed by atoms with Crippen LogP contribution in [0.1, 0.15) is 5.69 Å². The van der Waals surface area contributed by atoms with E-state index in [1.165, 1.54) is 12.4 Å². The SMILES string of the molecule is O=C1C=C(c2ccncn2)C(Cl)O1. The number of carbonyl (C=O) groups is 1. The number of cyclic esters (lactones) is 1. The monoisotopic (exact) mass is 196 g/mol. The molecule has 0 radical (unpaired) electrons. The Morgan fingerprint density at radius 1 is 1.54 bits per heavy atom. The number of hydrogen-bond donors (Lipinski definition) is 0. The average molecular weight is 197 g/mol. The van der Waals surface area contributed by atoms with Gasteiger partial charge < -0.3 is 4.74 Å². The molecule has 1 aliphatic heterocycles. The lowest BCUT2D eigenvalue weighted by Crippen LogP contribution is -2.03. The number of ether oxygens (including phenoxy) is 1. The summed E-state index contributed by atoms with van der Waals surface area (Å²) in [5.41, 5.74) is 0.456. The maximum Gasteiger partial charge on any atom is 0.333 e. The minimum absolute atomic E-state index is 0.436. The Labute approximate surface area is 79.2 Å². The van der Waals surface area contributed by atoms with Crippen LogP contribution in [0.5, 0.6) is 0 Å². The van der Waals surface area contributed by atoms with E-state index >= 15 is 0 Å². The molecule has 1 aromatic rings. The Morgan fingerprint density at radius 3 is 2.92 bits per heavy atom. The van der Waals surface area contributed by atoms with E-state index < -0.39 is 11.5 Å². The topological polar surface area (TPSA) is 52.1 Å². The van der Waals surface area contributed by atoms with Crippen LogP contribution in [-0.4, -0.2) is 21.5 Å². The molecular formula is C8H5ClN2O2. The Hall–Kier alpha value is -1.42. The number of halogens is 1. The normalized spacial score (nSPS) is 21.2. The van der Waals surface area contributed by atoms with Crippen LogP contribution < -0.4 is 0 Å². The Bertz CT molecular complexity index is 364. The molecule has 1 aliphatic rings. The van der Waals surface area contributed by atoms with E-state index in [4.69, 9.17) is 16.3 Å². The largest absolute Gasteiger partial charge is 0.438 e. The van der Waals surface area contributed by atoms with E-state index in [0.717, 1.165) is 0 Å². The molecular weight excluding hydrogens is 192 g/mol. The van der Waals surface area contributed by atoms with Crippen molar-refractivity contribution in [2.45, 2.75) is 5.56 Å². The van der Waals surface area contributed by atoms with Gasteiger partial charge in [-0.1, -0.05) is 11.6 Å². The first-order valence-corrected chi connectivity index (χ1v) is 4.03. The van der Waals surface area contributed by atoms with Crippen molar-refractivity contribution in [3.05, 3.63) is 30.4 Å². The van der Waals surface area contributed by atoms with Crippen LogP contribution >= 0.6 is 11.6 Å². The Balaban J connectivity index is 2.37. The van der Waals surface area contributed by atoms with Gasteiger partial charge in [-0.05, 0) is 6.07 Å². The smallest absolute Gasteiger partial charge is 0.333 e. The molecule has 5 heteroatoms. The van der Waals surface area contributed by atoms with Gasteiger partial charge in [0.25, 0.3) is 0 Å². The lowest BCUT2D eigenvalue weighted by molar-refractivity contribution is -0.136. The third-order valence-corrected chi connectivity index (χ3v) is 1.94. The lowest BCUT2D eigenvalue weighted by Gasteiger charge is -2.04. The van der Waals surface area contributed by atoms with Crippen LogP contribution in [0.3, 0.4) is 0 Å². The lowest BCUT2D eigenvalue weighted by atomic mass is 10.2. The van der Waals surface area contributed by atoms with Gasteiger partial charge in [-0.15, -0.1) is 0 Å². The Morgan fingerprint density at radius 2 is 2.38 bits per heavy atom. The van der Waals surface area contributed by atoms with E-state index in [1.54, 1.807) is 12.3 Å². The van der Waals surface area contributed by atoms with Crippen molar-refractivity contribution in [3.8, 4) is 0 Å². The highest BCUT2D eigenvalue weighted by molar-refractivity contribution is 6.28. The summed E-state index contributed by atoms with van der Waals surface area (Å²) >= 11 is 5.74. The van der Waals surface area contributed by atoms with Gasteiger partial charge in [0.15, 0.2) is 0 Å². The fourth-order valence-electron chi connectivity index (χ4n) is 1.04. The van der Waals surface area contributed by atoms with Gasteiger partial charge in [-0.3, -0.25) is 0 Å². The summed E-state index contributed by atoms with van der Waals surface area (Å²) in [4.78, 5) is 18.5. The number of hydrogen-bond acceptors (Lipinski definition) is 4. The molecule has 1 aromatic heterocycles. The number of rotatable bonds is 1. The first kappa shape index (κ1) is 8.19. The zero-order valence-electron chi connectivity index (χ0n) is 6.48. The summed E-state index contributed by atoms with van der Waals surface area (Å²) in [6.07, 6.45) is 4.30. The third-order valence-electron chi connectivity index (χ3n) is 1.62. The van der Waals surface area contributed by atoms with E-state index in [2.05, 4.69) is 9.97 Å². The van der Waals surface area contributed by atoms with Crippen LogP contribution in [0.25, 0.3) is 5.57 Å². The van der Waals surface area contributed by atoms with E-state index in [1.807, 2.05) is 0 Å². The molecule has 0 amide bonds. The van der Waals surface area contributed by atoms with Crippen LogP contribution in [0.4, 0.5) is 0 Å². The van der Waals surface area contributed by atoms with Gasteiger partial charge in [-0.25, -0.2) is 14.8 Å². The second kappa shape index (κ2) is 3.14. The number of alkyl halides is 1. The van der Waals surface area contributed by atoms with Crippen LogP contribution in [0.15, 0.2) is 24.7 Å².